The summed E-state index contributed by atoms with van der Waals surface area (Å²) in [6.07, 6.45) is -3.33. The van der Waals surface area contributed by atoms with Crippen molar-refractivity contribution in [3.05, 3.63) is 29.8 Å². The Hall–Kier alpha value is -2.09. The van der Waals surface area contributed by atoms with Crippen molar-refractivity contribution in [2.45, 2.75) is 37.3 Å². The van der Waals surface area contributed by atoms with Crippen LogP contribution in [0.1, 0.15) is 12.5 Å². The van der Waals surface area contributed by atoms with Gasteiger partial charge in [-0.05, 0) is 19.1 Å². The predicted molar refractivity (Wildman–Crippen MR) is 89.1 cm³/mol. The van der Waals surface area contributed by atoms with Crippen LogP contribution in [0, 0.1) is 17.8 Å². The molecule has 1 saturated heterocycles. The van der Waals surface area contributed by atoms with E-state index < -0.39 is 48.9 Å². The molecule has 0 spiro atoms. The molecule has 0 aromatic carbocycles. The molecule has 1 amide bonds. The second-order valence-corrected chi connectivity index (χ2v) is 5.90. The molecule has 9 heteroatoms. The molecule has 1 aliphatic rings. The Morgan fingerprint density at radius 1 is 1.31 bits per heavy atom. The van der Waals surface area contributed by atoms with Crippen LogP contribution in [0.2, 0.25) is 0 Å². The van der Waals surface area contributed by atoms with Crippen LogP contribution in [0.15, 0.2) is 18.3 Å². The number of hydrogen-bond donors (Lipinski definition) is 5. The maximum atomic E-state index is 12.8. The molecule has 1 fully saturated rings. The molecule has 1 aliphatic heterocycles. The number of amides is 1. The molecule has 5 unspecified atom stereocenters. The quantitative estimate of drug-likeness (QED) is 0.303. The van der Waals surface area contributed by atoms with E-state index >= 15 is 0 Å². The first kappa shape index (κ1) is 20.2. The SMILES string of the molecule is CCNC(=O)C1C(O)C(O)C(O)C(CO)N1CC#Cc1ccc(F)nc1. The maximum Gasteiger partial charge on any atom is 0.240 e. The minimum atomic E-state index is -1.58. The number of hydrogen-bond acceptors (Lipinski definition) is 7. The minimum Gasteiger partial charge on any atom is -0.395 e. The molecule has 26 heavy (non-hydrogen) atoms. The molecular formula is C17H22FN3O5. The average molecular weight is 367 g/mol. The summed E-state index contributed by atoms with van der Waals surface area (Å²) in [7, 11) is 0. The number of nitrogens with one attached hydrogen (secondary N) is 1. The monoisotopic (exact) mass is 367 g/mol. The number of likely N-dealkylation sites (N-methyl/N-ethyl adjacent to an activating group) is 1. The van der Waals surface area contributed by atoms with E-state index in [4.69, 9.17) is 0 Å². The van der Waals surface area contributed by atoms with E-state index in [0.29, 0.717) is 12.1 Å². The number of rotatable bonds is 4. The Morgan fingerprint density at radius 2 is 2.04 bits per heavy atom. The molecule has 5 N–H and O–H groups in total. The molecule has 8 nitrogen and oxygen atoms in total. The summed E-state index contributed by atoms with van der Waals surface area (Å²) in [5.41, 5.74) is 0.444. The highest BCUT2D eigenvalue weighted by atomic mass is 19.1. The number of nitrogens with zero attached hydrogens (tertiary/aromatic N) is 2. The zero-order valence-electron chi connectivity index (χ0n) is 14.2. The van der Waals surface area contributed by atoms with E-state index in [1.807, 2.05) is 0 Å². The normalized spacial score (nSPS) is 28.9. The largest absolute Gasteiger partial charge is 0.395 e. The highest BCUT2D eigenvalue weighted by Gasteiger charge is 2.49. The minimum absolute atomic E-state index is 0.0781. The molecule has 0 radical (unpaired) electrons. The molecule has 2 heterocycles. The first-order chi connectivity index (χ1) is 12.4. The number of halogens is 1. The van der Waals surface area contributed by atoms with Crippen molar-refractivity contribution >= 4 is 5.91 Å². The Kier molecular flexibility index (Phi) is 7.02. The van der Waals surface area contributed by atoms with Crippen LogP contribution in [-0.4, -0.2) is 86.3 Å². The van der Waals surface area contributed by atoms with Crippen molar-refractivity contribution in [3.63, 3.8) is 0 Å². The zero-order valence-corrected chi connectivity index (χ0v) is 14.2. The molecule has 0 bridgehead atoms. The van der Waals surface area contributed by atoms with Crippen molar-refractivity contribution in [3.8, 4) is 11.8 Å². The highest BCUT2D eigenvalue weighted by molar-refractivity contribution is 5.82. The standard InChI is InChI=1S/C17H22FN3O5/c1-2-19-17(26)13-15(24)16(25)14(23)11(9-22)21(13)7-3-4-10-5-6-12(18)20-8-10/h5-6,8,11,13-16,22-25H,2,7,9H2,1H3,(H,19,26). The fourth-order valence-electron chi connectivity index (χ4n) is 2.91. The second-order valence-electron chi connectivity index (χ2n) is 5.90. The third-order valence-electron chi connectivity index (χ3n) is 4.23. The Morgan fingerprint density at radius 3 is 2.62 bits per heavy atom. The van der Waals surface area contributed by atoms with Gasteiger partial charge in [0.1, 0.15) is 24.4 Å². The Bertz CT molecular complexity index is 675. The summed E-state index contributed by atoms with van der Waals surface area (Å²) in [5.74, 6) is 4.31. The average Bonchev–Trinajstić information content (AvgIpc) is 2.62. The van der Waals surface area contributed by atoms with Crippen LogP contribution in [0.4, 0.5) is 4.39 Å². The van der Waals surface area contributed by atoms with Gasteiger partial charge in [-0.25, -0.2) is 4.98 Å². The van der Waals surface area contributed by atoms with Crippen molar-refractivity contribution in [2.75, 3.05) is 19.7 Å². The Labute approximate surface area is 150 Å². The van der Waals surface area contributed by atoms with Crippen molar-refractivity contribution < 1.29 is 29.6 Å². The van der Waals surface area contributed by atoms with Gasteiger partial charge in [-0.1, -0.05) is 11.8 Å². The molecule has 5 atom stereocenters. The van der Waals surface area contributed by atoms with Crippen LogP contribution < -0.4 is 5.32 Å². The molecular weight excluding hydrogens is 345 g/mol. The number of carbonyl (C=O) groups excluding carboxylic acids is 1. The molecule has 1 aromatic heterocycles. The lowest BCUT2D eigenvalue weighted by Gasteiger charge is -2.47. The smallest absolute Gasteiger partial charge is 0.240 e. The van der Waals surface area contributed by atoms with E-state index in [-0.39, 0.29) is 6.54 Å². The number of likely N-dealkylation sites (tertiary alicyclic amines) is 1. The van der Waals surface area contributed by atoms with E-state index in [9.17, 15) is 29.6 Å². The fourth-order valence-corrected chi connectivity index (χ4v) is 2.91. The maximum absolute atomic E-state index is 12.8. The third-order valence-corrected chi connectivity index (χ3v) is 4.23. The summed E-state index contributed by atoms with van der Waals surface area (Å²) in [5, 5.41) is 42.5. The number of piperidine rings is 1. The van der Waals surface area contributed by atoms with Gasteiger partial charge in [0.15, 0.2) is 0 Å². The summed E-state index contributed by atoms with van der Waals surface area (Å²) in [6, 6.07) is 0.417. The molecule has 0 saturated carbocycles. The molecule has 2 rings (SSSR count). The predicted octanol–water partition coefficient (Wildman–Crippen LogP) is -2.16. The number of aliphatic hydroxyl groups is 4. The summed E-state index contributed by atoms with van der Waals surface area (Å²) < 4.78 is 12.8. The van der Waals surface area contributed by atoms with Crippen LogP contribution in [0.3, 0.4) is 0 Å². The topological polar surface area (TPSA) is 126 Å². The molecule has 142 valence electrons. The van der Waals surface area contributed by atoms with E-state index in [2.05, 4.69) is 22.1 Å². The lowest BCUT2D eigenvalue weighted by molar-refractivity contribution is -0.176. The van der Waals surface area contributed by atoms with Gasteiger partial charge < -0.3 is 25.7 Å². The van der Waals surface area contributed by atoms with Gasteiger partial charge in [-0.2, -0.15) is 4.39 Å². The fraction of sp³-hybridized carbons (Fsp3) is 0.529. The van der Waals surface area contributed by atoms with Crippen LogP contribution in [0.5, 0.6) is 0 Å². The molecule has 1 aromatic rings. The first-order valence-electron chi connectivity index (χ1n) is 8.19. The third kappa shape index (κ3) is 4.35. The lowest BCUT2D eigenvalue weighted by atomic mass is 9.87. The summed E-state index contributed by atoms with van der Waals surface area (Å²) in [4.78, 5) is 17.1. The van der Waals surface area contributed by atoms with Crippen molar-refractivity contribution in [2.24, 2.45) is 0 Å². The highest BCUT2D eigenvalue weighted by Crippen LogP contribution is 2.24. The number of aliphatic hydroxyl groups excluding tert-OH is 4. The van der Waals surface area contributed by atoms with Gasteiger partial charge in [0.05, 0.1) is 19.2 Å². The van der Waals surface area contributed by atoms with Gasteiger partial charge in [-0.3, -0.25) is 9.69 Å². The number of carbonyl (C=O) groups is 1. The van der Waals surface area contributed by atoms with Gasteiger partial charge >= 0.3 is 0 Å². The van der Waals surface area contributed by atoms with E-state index in [0.717, 1.165) is 6.07 Å². The van der Waals surface area contributed by atoms with E-state index in [1.165, 1.54) is 17.2 Å². The zero-order chi connectivity index (χ0) is 19.3. The Balaban J connectivity index is 2.26. The van der Waals surface area contributed by atoms with Gasteiger partial charge in [0.25, 0.3) is 0 Å². The molecule has 0 aliphatic carbocycles. The van der Waals surface area contributed by atoms with Crippen LogP contribution in [0.25, 0.3) is 0 Å². The van der Waals surface area contributed by atoms with Crippen LogP contribution >= 0.6 is 0 Å². The summed E-state index contributed by atoms with van der Waals surface area (Å²) >= 11 is 0. The van der Waals surface area contributed by atoms with Crippen molar-refractivity contribution in [1.29, 1.82) is 0 Å². The van der Waals surface area contributed by atoms with E-state index in [1.54, 1.807) is 6.92 Å². The van der Waals surface area contributed by atoms with Crippen LogP contribution in [-0.2, 0) is 4.79 Å². The number of aromatic nitrogens is 1. The second kappa shape index (κ2) is 9.02. The van der Waals surface area contributed by atoms with Crippen molar-refractivity contribution in [1.82, 2.24) is 15.2 Å². The number of pyridine rings is 1. The van der Waals surface area contributed by atoms with Gasteiger partial charge in [0.2, 0.25) is 11.9 Å². The van der Waals surface area contributed by atoms with Gasteiger partial charge in [-0.15, -0.1) is 0 Å². The lowest BCUT2D eigenvalue weighted by Crippen LogP contribution is -2.70. The summed E-state index contributed by atoms with van der Waals surface area (Å²) in [6.45, 7) is 1.39. The first-order valence-corrected chi connectivity index (χ1v) is 8.19. The van der Waals surface area contributed by atoms with Gasteiger partial charge in [0, 0.05) is 18.3 Å².